The van der Waals surface area contributed by atoms with Crippen LogP contribution in [0.1, 0.15) is 40.0 Å². The first kappa shape index (κ1) is 14.3. The van der Waals surface area contributed by atoms with E-state index in [1.165, 1.54) is 19.3 Å². The third-order valence-electron chi connectivity index (χ3n) is 3.25. The van der Waals surface area contributed by atoms with Crippen LogP contribution in [0.25, 0.3) is 0 Å². The second-order valence-electron chi connectivity index (χ2n) is 4.75. The first-order valence-electron chi connectivity index (χ1n) is 6.86. The molecule has 0 saturated carbocycles. The van der Waals surface area contributed by atoms with Crippen molar-refractivity contribution in [1.82, 2.24) is 10.2 Å². The number of carbonyl (C=O) groups is 1. The van der Waals surface area contributed by atoms with Crippen LogP contribution in [0.15, 0.2) is 0 Å². The lowest BCUT2D eigenvalue weighted by atomic mass is 9.91. The van der Waals surface area contributed by atoms with Gasteiger partial charge in [-0.25, -0.2) is 4.79 Å². The molecule has 1 aliphatic heterocycles. The highest BCUT2D eigenvalue weighted by Gasteiger charge is 2.29. The first-order valence-corrected chi connectivity index (χ1v) is 6.86. The van der Waals surface area contributed by atoms with Crippen molar-refractivity contribution in [3.05, 3.63) is 0 Å². The summed E-state index contributed by atoms with van der Waals surface area (Å²) in [6.45, 7) is 9.22. The van der Waals surface area contributed by atoms with Gasteiger partial charge in [-0.3, -0.25) is 0 Å². The van der Waals surface area contributed by atoms with E-state index in [4.69, 9.17) is 4.74 Å². The second-order valence-corrected chi connectivity index (χ2v) is 4.75. The minimum atomic E-state index is -0.156. The minimum absolute atomic E-state index is 0.156. The third-order valence-corrected chi connectivity index (χ3v) is 3.25. The lowest BCUT2D eigenvalue weighted by Crippen LogP contribution is -2.51. The molecule has 1 saturated heterocycles. The summed E-state index contributed by atoms with van der Waals surface area (Å²) >= 11 is 0. The molecule has 0 spiro atoms. The smallest absolute Gasteiger partial charge is 0.409 e. The Morgan fingerprint density at radius 3 is 2.71 bits per heavy atom. The topological polar surface area (TPSA) is 41.6 Å². The van der Waals surface area contributed by atoms with E-state index in [0.29, 0.717) is 18.6 Å². The highest BCUT2D eigenvalue weighted by molar-refractivity contribution is 5.67. The Labute approximate surface area is 105 Å². The molecular formula is C13H26N2O2. The maximum absolute atomic E-state index is 11.8. The van der Waals surface area contributed by atoms with Gasteiger partial charge in [0.05, 0.1) is 6.61 Å². The number of hydrogen-bond donors (Lipinski definition) is 1. The number of amides is 1. The molecule has 4 nitrogen and oxygen atoms in total. The maximum atomic E-state index is 11.8. The SMILES string of the molecule is CCCC1CC(NCC)CN(C(=O)OCC)C1. The number of nitrogens with zero attached hydrogens (tertiary/aromatic N) is 1. The molecular weight excluding hydrogens is 216 g/mol. The molecule has 2 unspecified atom stereocenters. The summed E-state index contributed by atoms with van der Waals surface area (Å²) in [5.41, 5.74) is 0. The Morgan fingerprint density at radius 2 is 2.12 bits per heavy atom. The summed E-state index contributed by atoms with van der Waals surface area (Å²) in [7, 11) is 0. The van der Waals surface area contributed by atoms with Gasteiger partial charge in [-0.2, -0.15) is 0 Å². The molecule has 0 aromatic carbocycles. The van der Waals surface area contributed by atoms with Gasteiger partial charge in [0.25, 0.3) is 0 Å². The Balaban J connectivity index is 2.54. The molecule has 0 aromatic rings. The van der Waals surface area contributed by atoms with Gasteiger partial charge in [-0.15, -0.1) is 0 Å². The van der Waals surface area contributed by atoms with Crippen molar-refractivity contribution in [3.63, 3.8) is 0 Å². The van der Waals surface area contributed by atoms with Crippen LogP contribution in [-0.2, 0) is 4.74 Å². The van der Waals surface area contributed by atoms with E-state index in [2.05, 4.69) is 19.2 Å². The molecule has 1 N–H and O–H groups in total. The fourth-order valence-electron chi connectivity index (χ4n) is 2.62. The van der Waals surface area contributed by atoms with Crippen LogP contribution in [0, 0.1) is 5.92 Å². The lowest BCUT2D eigenvalue weighted by Gasteiger charge is -2.37. The molecule has 1 heterocycles. The van der Waals surface area contributed by atoms with Crippen molar-refractivity contribution in [3.8, 4) is 0 Å². The zero-order chi connectivity index (χ0) is 12.7. The Kier molecular flexibility index (Phi) is 6.34. The summed E-state index contributed by atoms with van der Waals surface area (Å²) in [6, 6.07) is 0.426. The van der Waals surface area contributed by atoms with Crippen LogP contribution in [0.4, 0.5) is 4.79 Å². The Hall–Kier alpha value is -0.770. The molecule has 0 aromatic heterocycles. The summed E-state index contributed by atoms with van der Waals surface area (Å²) < 4.78 is 5.09. The van der Waals surface area contributed by atoms with Gasteiger partial charge in [-0.1, -0.05) is 20.3 Å². The zero-order valence-electron chi connectivity index (χ0n) is 11.4. The monoisotopic (exact) mass is 242 g/mol. The van der Waals surface area contributed by atoms with Gasteiger partial charge in [0.1, 0.15) is 0 Å². The lowest BCUT2D eigenvalue weighted by molar-refractivity contribution is 0.0775. The van der Waals surface area contributed by atoms with Crippen molar-refractivity contribution < 1.29 is 9.53 Å². The largest absolute Gasteiger partial charge is 0.450 e. The fourth-order valence-corrected chi connectivity index (χ4v) is 2.62. The van der Waals surface area contributed by atoms with Gasteiger partial charge < -0.3 is 15.0 Å². The average molecular weight is 242 g/mol. The summed E-state index contributed by atoms with van der Waals surface area (Å²) in [5, 5.41) is 3.45. The molecule has 1 amide bonds. The summed E-state index contributed by atoms with van der Waals surface area (Å²) in [4.78, 5) is 13.6. The number of likely N-dealkylation sites (N-methyl/N-ethyl adjacent to an activating group) is 1. The molecule has 4 heteroatoms. The molecule has 1 aliphatic rings. The fraction of sp³-hybridized carbons (Fsp3) is 0.923. The maximum Gasteiger partial charge on any atom is 0.409 e. The van der Waals surface area contributed by atoms with Crippen LogP contribution in [0.5, 0.6) is 0 Å². The predicted molar refractivity (Wildman–Crippen MR) is 69.1 cm³/mol. The number of likely N-dealkylation sites (tertiary alicyclic amines) is 1. The predicted octanol–water partition coefficient (Wildman–Crippen LogP) is 2.24. The molecule has 1 rings (SSSR count). The van der Waals surface area contributed by atoms with Gasteiger partial charge in [-0.05, 0) is 32.2 Å². The zero-order valence-corrected chi connectivity index (χ0v) is 11.4. The Bertz CT molecular complexity index is 219. The quantitative estimate of drug-likeness (QED) is 0.804. The second kappa shape index (κ2) is 7.54. The molecule has 0 bridgehead atoms. The van der Waals surface area contributed by atoms with E-state index in [0.717, 1.165) is 19.6 Å². The van der Waals surface area contributed by atoms with Gasteiger partial charge >= 0.3 is 6.09 Å². The van der Waals surface area contributed by atoms with Crippen molar-refractivity contribution in [2.45, 2.75) is 46.1 Å². The highest BCUT2D eigenvalue weighted by atomic mass is 16.6. The van der Waals surface area contributed by atoms with Gasteiger partial charge in [0, 0.05) is 19.1 Å². The van der Waals surface area contributed by atoms with E-state index in [1.807, 2.05) is 11.8 Å². The van der Waals surface area contributed by atoms with Crippen LogP contribution < -0.4 is 5.32 Å². The Morgan fingerprint density at radius 1 is 1.35 bits per heavy atom. The van der Waals surface area contributed by atoms with E-state index >= 15 is 0 Å². The van der Waals surface area contributed by atoms with E-state index < -0.39 is 0 Å². The van der Waals surface area contributed by atoms with Crippen LogP contribution in [0.3, 0.4) is 0 Å². The minimum Gasteiger partial charge on any atom is -0.450 e. The molecule has 17 heavy (non-hydrogen) atoms. The molecule has 0 aliphatic carbocycles. The normalized spacial score (nSPS) is 24.8. The van der Waals surface area contributed by atoms with Crippen LogP contribution >= 0.6 is 0 Å². The number of ether oxygens (including phenoxy) is 1. The number of nitrogens with one attached hydrogen (secondary N) is 1. The summed E-state index contributed by atoms with van der Waals surface area (Å²) in [5.74, 6) is 0.613. The summed E-state index contributed by atoms with van der Waals surface area (Å²) in [6.07, 6.45) is 3.39. The van der Waals surface area contributed by atoms with Gasteiger partial charge in [0.2, 0.25) is 0 Å². The molecule has 2 atom stereocenters. The number of piperidine rings is 1. The standard InChI is InChI=1S/C13H26N2O2/c1-4-7-11-8-12(14-5-2)10-15(9-11)13(16)17-6-3/h11-12,14H,4-10H2,1-3H3. The first-order chi connectivity index (χ1) is 8.21. The van der Waals surface area contributed by atoms with E-state index in [1.54, 1.807) is 0 Å². The van der Waals surface area contributed by atoms with E-state index in [-0.39, 0.29) is 6.09 Å². The van der Waals surface area contributed by atoms with Gasteiger partial charge in [0.15, 0.2) is 0 Å². The van der Waals surface area contributed by atoms with Crippen LogP contribution in [0.2, 0.25) is 0 Å². The average Bonchev–Trinajstić information content (AvgIpc) is 2.30. The number of hydrogen-bond acceptors (Lipinski definition) is 3. The molecule has 1 fully saturated rings. The van der Waals surface area contributed by atoms with Crippen molar-refractivity contribution >= 4 is 6.09 Å². The molecule has 0 radical (unpaired) electrons. The van der Waals surface area contributed by atoms with Crippen molar-refractivity contribution in [2.24, 2.45) is 5.92 Å². The van der Waals surface area contributed by atoms with E-state index in [9.17, 15) is 4.79 Å². The number of rotatable bonds is 5. The van der Waals surface area contributed by atoms with Crippen molar-refractivity contribution in [1.29, 1.82) is 0 Å². The third kappa shape index (κ3) is 4.54. The number of carbonyl (C=O) groups excluding carboxylic acids is 1. The molecule has 100 valence electrons. The van der Waals surface area contributed by atoms with Crippen LogP contribution in [-0.4, -0.2) is 43.3 Å². The highest BCUT2D eigenvalue weighted by Crippen LogP contribution is 2.21. The van der Waals surface area contributed by atoms with Crippen molar-refractivity contribution in [2.75, 3.05) is 26.2 Å².